The maximum atomic E-state index is 9.41. The van der Waals surface area contributed by atoms with Crippen molar-refractivity contribution in [3.8, 4) is 16.8 Å². The van der Waals surface area contributed by atoms with Crippen LogP contribution in [0.4, 0.5) is 5.00 Å². The minimum atomic E-state index is 0.518. The van der Waals surface area contributed by atoms with E-state index in [-0.39, 0.29) is 0 Å². The van der Waals surface area contributed by atoms with Gasteiger partial charge in [0.1, 0.15) is 16.6 Å². The lowest BCUT2D eigenvalue weighted by molar-refractivity contribution is 0.205. The molecule has 7 nitrogen and oxygen atoms in total. The van der Waals surface area contributed by atoms with Crippen molar-refractivity contribution < 1.29 is 4.74 Å². The van der Waals surface area contributed by atoms with Crippen LogP contribution >= 0.6 is 33.9 Å². The summed E-state index contributed by atoms with van der Waals surface area (Å²) in [4.78, 5) is 2.99. The molecular formula is C11H13IN6OS. The zero-order valence-electron chi connectivity index (χ0n) is 11.1. The Labute approximate surface area is 134 Å². The molecule has 0 bridgehead atoms. The highest BCUT2D eigenvalue weighted by atomic mass is 127. The number of nitriles is 1. The monoisotopic (exact) mass is 404 g/mol. The topological polar surface area (TPSA) is 90.7 Å². The van der Waals surface area contributed by atoms with Gasteiger partial charge in [0.05, 0.1) is 15.1 Å². The summed E-state index contributed by atoms with van der Waals surface area (Å²) in [5.41, 5.74) is 0.661. The number of methoxy groups -OCH3 is 1. The van der Waals surface area contributed by atoms with E-state index in [1.807, 2.05) is 0 Å². The van der Waals surface area contributed by atoms with Gasteiger partial charge in [-0.3, -0.25) is 0 Å². The standard InChI is InChI=1S/C11H13IN6OS/c1-3-18(4-5-19-2)11-7(6-13)8(12)9(20-11)10-14-16-17-15-10/h3-5H2,1-2H3,(H,14,15,16,17). The highest BCUT2D eigenvalue weighted by Crippen LogP contribution is 2.41. The number of H-pyrrole nitrogens is 1. The SMILES string of the molecule is CCN(CCOC)c1sc(-c2nn[nH]n2)c(I)c1C#N. The average Bonchev–Trinajstić information content (AvgIpc) is 3.07. The Morgan fingerprint density at radius 2 is 2.35 bits per heavy atom. The predicted molar refractivity (Wildman–Crippen MR) is 84.7 cm³/mol. The highest BCUT2D eigenvalue weighted by molar-refractivity contribution is 14.1. The molecule has 0 spiro atoms. The molecule has 0 fully saturated rings. The summed E-state index contributed by atoms with van der Waals surface area (Å²) < 4.78 is 5.98. The second kappa shape index (κ2) is 6.96. The normalized spacial score (nSPS) is 10.5. The summed E-state index contributed by atoms with van der Waals surface area (Å²) in [6.07, 6.45) is 0. The Balaban J connectivity index is 2.43. The number of nitrogens with one attached hydrogen (secondary N) is 1. The molecule has 0 unspecified atom stereocenters. The first-order valence-corrected chi connectivity index (χ1v) is 7.82. The molecule has 0 aliphatic heterocycles. The van der Waals surface area contributed by atoms with Crippen LogP contribution in [-0.4, -0.2) is 47.4 Å². The number of halogens is 1. The van der Waals surface area contributed by atoms with Gasteiger partial charge in [0, 0.05) is 20.2 Å². The molecule has 0 radical (unpaired) electrons. The molecule has 0 atom stereocenters. The van der Waals surface area contributed by atoms with Crippen LogP contribution in [-0.2, 0) is 4.74 Å². The van der Waals surface area contributed by atoms with Gasteiger partial charge in [-0.05, 0) is 34.7 Å². The van der Waals surface area contributed by atoms with Gasteiger partial charge in [-0.2, -0.15) is 10.5 Å². The van der Waals surface area contributed by atoms with Gasteiger partial charge < -0.3 is 9.64 Å². The van der Waals surface area contributed by atoms with Gasteiger partial charge in [0.2, 0.25) is 5.82 Å². The molecule has 0 aliphatic rings. The van der Waals surface area contributed by atoms with Crippen LogP contribution in [0.5, 0.6) is 0 Å². The van der Waals surface area contributed by atoms with E-state index in [1.165, 1.54) is 11.3 Å². The second-order valence-corrected chi connectivity index (χ2v) is 5.92. The van der Waals surface area contributed by atoms with Gasteiger partial charge >= 0.3 is 0 Å². The van der Waals surface area contributed by atoms with Crippen molar-refractivity contribution in [1.82, 2.24) is 20.6 Å². The zero-order valence-corrected chi connectivity index (χ0v) is 14.0. The molecule has 2 rings (SSSR count). The summed E-state index contributed by atoms with van der Waals surface area (Å²) in [6, 6.07) is 2.27. The summed E-state index contributed by atoms with van der Waals surface area (Å²) >= 11 is 3.67. The van der Waals surface area contributed by atoms with Gasteiger partial charge in [-0.25, -0.2) is 0 Å². The third kappa shape index (κ3) is 2.92. The van der Waals surface area contributed by atoms with Gasteiger partial charge in [-0.15, -0.1) is 21.5 Å². The first-order valence-electron chi connectivity index (χ1n) is 5.93. The van der Waals surface area contributed by atoms with Gasteiger partial charge in [-0.1, -0.05) is 0 Å². The Kier molecular flexibility index (Phi) is 5.27. The third-order valence-corrected chi connectivity index (χ3v) is 5.42. The van der Waals surface area contributed by atoms with Crippen molar-refractivity contribution in [3.63, 3.8) is 0 Å². The van der Waals surface area contributed by atoms with Crippen LogP contribution in [0.3, 0.4) is 0 Å². The largest absolute Gasteiger partial charge is 0.383 e. The Morgan fingerprint density at radius 1 is 1.55 bits per heavy atom. The predicted octanol–water partition coefficient (Wildman–Crippen LogP) is 1.88. The lowest BCUT2D eigenvalue weighted by Crippen LogP contribution is -2.26. The average molecular weight is 404 g/mol. The number of likely N-dealkylation sites (N-methyl/N-ethyl adjacent to an activating group) is 1. The van der Waals surface area contributed by atoms with E-state index in [0.29, 0.717) is 18.0 Å². The van der Waals surface area contributed by atoms with Crippen LogP contribution in [0.15, 0.2) is 0 Å². The number of nitrogens with zero attached hydrogens (tertiary/aromatic N) is 5. The molecule has 106 valence electrons. The Hall–Kier alpha value is -1.25. The number of aromatic amines is 1. The van der Waals surface area contributed by atoms with Crippen molar-refractivity contribution in [2.45, 2.75) is 6.92 Å². The van der Waals surface area contributed by atoms with Crippen molar-refractivity contribution in [3.05, 3.63) is 9.13 Å². The number of thiophene rings is 1. The maximum absolute atomic E-state index is 9.41. The van der Waals surface area contributed by atoms with E-state index < -0.39 is 0 Å². The van der Waals surface area contributed by atoms with Crippen molar-refractivity contribution >= 4 is 38.9 Å². The first kappa shape index (κ1) is 15.1. The van der Waals surface area contributed by atoms with Crippen molar-refractivity contribution in [1.29, 1.82) is 5.26 Å². The second-order valence-electron chi connectivity index (χ2n) is 3.85. The fourth-order valence-electron chi connectivity index (χ4n) is 1.73. The Morgan fingerprint density at radius 3 is 2.90 bits per heavy atom. The molecule has 20 heavy (non-hydrogen) atoms. The lowest BCUT2D eigenvalue weighted by atomic mass is 10.3. The quantitative estimate of drug-likeness (QED) is 0.740. The van der Waals surface area contributed by atoms with E-state index in [1.54, 1.807) is 7.11 Å². The summed E-state index contributed by atoms with van der Waals surface area (Å²) in [5.74, 6) is 0.518. The number of rotatable bonds is 6. The minimum Gasteiger partial charge on any atom is -0.383 e. The number of ether oxygens (including phenoxy) is 1. The van der Waals surface area contributed by atoms with Crippen molar-refractivity contribution in [2.24, 2.45) is 0 Å². The fourth-order valence-corrected chi connectivity index (χ4v) is 4.02. The molecule has 9 heteroatoms. The van der Waals surface area contributed by atoms with E-state index in [4.69, 9.17) is 4.74 Å². The third-order valence-electron chi connectivity index (χ3n) is 2.73. The van der Waals surface area contributed by atoms with Gasteiger partial charge in [0.15, 0.2) is 0 Å². The fraction of sp³-hybridized carbons (Fsp3) is 0.455. The smallest absolute Gasteiger partial charge is 0.215 e. The molecule has 2 aromatic rings. The molecule has 0 aromatic carbocycles. The number of tetrazole rings is 1. The number of hydrogen-bond acceptors (Lipinski definition) is 7. The van der Waals surface area contributed by atoms with Crippen LogP contribution in [0.1, 0.15) is 12.5 Å². The van der Waals surface area contributed by atoms with Crippen molar-refractivity contribution in [2.75, 3.05) is 31.7 Å². The molecule has 2 heterocycles. The van der Waals surface area contributed by atoms with E-state index in [0.717, 1.165) is 26.5 Å². The molecule has 2 aromatic heterocycles. The Bertz CT molecular complexity index is 605. The van der Waals surface area contributed by atoms with E-state index in [2.05, 4.69) is 61.1 Å². The zero-order chi connectivity index (χ0) is 14.5. The van der Waals surface area contributed by atoms with E-state index in [9.17, 15) is 5.26 Å². The van der Waals surface area contributed by atoms with Crippen LogP contribution in [0.25, 0.3) is 10.7 Å². The molecule has 0 aliphatic carbocycles. The summed E-state index contributed by atoms with van der Waals surface area (Å²) in [7, 11) is 1.67. The number of anilines is 1. The summed E-state index contributed by atoms with van der Waals surface area (Å²) in [5, 5.41) is 24.3. The minimum absolute atomic E-state index is 0.518. The lowest BCUT2D eigenvalue weighted by Gasteiger charge is -2.21. The molecule has 0 saturated heterocycles. The molecule has 0 saturated carbocycles. The van der Waals surface area contributed by atoms with Crippen LogP contribution < -0.4 is 4.90 Å². The first-order chi connectivity index (χ1) is 9.72. The summed E-state index contributed by atoms with van der Waals surface area (Å²) in [6.45, 7) is 4.21. The number of hydrogen-bond donors (Lipinski definition) is 1. The van der Waals surface area contributed by atoms with Crippen LogP contribution in [0.2, 0.25) is 0 Å². The van der Waals surface area contributed by atoms with Crippen LogP contribution in [0, 0.1) is 14.9 Å². The maximum Gasteiger partial charge on any atom is 0.215 e. The molecule has 1 N–H and O–H groups in total. The number of aromatic nitrogens is 4. The van der Waals surface area contributed by atoms with Gasteiger partial charge in [0.25, 0.3) is 0 Å². The van der Waals surface area contributed by atoms with E-state index >= 15 is 0 Å². The molecule has 0 amide bonds. The highest BCUT2D eigenvalue weighted by Gasteiger charge is 2.23. The molecular weight excluding hydrogens is 391 g/mol.